The summed E-state index contributed by atoms with van der Waals surface area (Å²) in [5.41, 5.74) is 3.01. The van der Waals surface area contributed by atoms with Gasteiger partial charge in [0.25, 0.3) is 5.91 Å². The average Bonchev–Trinajstić information content (AvgIpc) is 2.81. The Bertz CT molecular complexity index is 640. The zero-order chi connectivity index (χ0) is 13.8. The molecule has 0 aliphatic rings. The van der Waals surface area contributed by atoms with E-state index in [1.165, 1.54) is 17.6 Å². The van der Waals surface area contributed by atoms with E-state index in [-0.39, 0.29) is 5.91 Å². The lowest BCUT2D eigenvalue weighted by molar-refractivity contribution is 0.0959. The number of carbonyl (C=O) groups excluding carboxylic acids is 1. The van der Waals surface area contributed by atoms with Crippen LogP contribution in [0.5, 0.6) is 0 Å². The van der Waals surface area contributed by atoms with Gasteiger partial charge in [-0.1, -0.05) is 46.9 Å². The van der Waals surface area contributed by atoms with Crippen LogP contribution in [0, 0.1) is 0 Å². The molecule has 1 amide bonds. The number of halogens is 3. The highest BCUT2D eigenvalue weighted by Crippen LogP contribution is 2.24. The number of amides is 1. The molecule has 0 atom stereocenters. The lowest BCUT2D eigenvalue weighted by Crippen LogP contribution is -2.16. The lowest BCUT2D eigenvalue weighted by Gasteiger charge is -2.00. The monoisotopic (exact) mass is 332 g/mol. The average molecular weight is 334 g/mol. The zero-order valence-corrected chi connectivity index (χ0v) is 12.4. The van der Waals surface area contributed by atoms with Crippen molar-refractivity contribution in [2.24, 2.45) is 5.10 Å². The van der Waals surface area contributed by atoms with E-state index < -0.39 is 0 Å². The predicted molar refractivity (Wildman–Crippen MR) is 80.9 cm³/mol. The number of nitrogens with one attached hydrogen (secondary N) is 1. The molecule has 2 aromatic rings. The van der Waals surface area contributed by atoms with Crippen molar-refractivity contribution in [3.8, 4) is 0 Å². The molecule has 3 nitrogen and oxygen atoms in total. The van der Waals surface area contributed by atoms with Crippen molar-refractivity contribution in [2.45, 2.75) is 0 Å². The van der Waals surface area contributed by atoms with Gasteiger partial charge in [0, 0.05) is 5.56 Å². The van der Waals surface area contributed by atoms with Crippen molar-refractivity contribution in [3.05, 3.63) is 55.2 Å². The molecule has 2 rings (SSSR count). The third-order valence-corrected chi connectivity index (χ3v) is 4.21. The maximum Gasteiger partial charge on any atom is 0.281 e. The second kappa shape index (κ2) is 6.39. The fourth-order valence-corrected chi connectivity index (χ4v) is 2.56. The van der Waals surface area contributed by atoms with Crippen LogP contribution in [-0.2, 0) is 0 Å². The van der Waals surface area contributed by atoms with Gasteiger partial charge in [0.1, 0.15) is 0 Å². The molecule has 1 aromatic heterocycles. The Balaban J connectivity index is 2.04. The number of rotatable bonds is 3. The molecule has 1 N–H and O–H groups in total. The fraction of sp³-hybridized carbons (Fsp3) is 0. The van der Waals surface area contributed by atoms with Crippen LogP contribution in [0.25, 0.3) is 0 Å². The fourth-order valence-electron chi connectivity index (χ4n) is 1.27. The van der Waals surface area contributed by atoms with Crippen LogP contribution < -0.4 is 5.43 Å². The van der Waals surface area contributed by atoms with Gasteiger partial charge < -0.3 is 0 Å². The van der Waals surface area contributed by atoms with E-state index in [1.807, 2.05) is 0 Å². The first kappa shape index (κ1) is 14.3. The minimum atomic E-state index is -0.327. The molecule has 19 heavy (non-hydrogen) atoms. The van der Waals surface area contributed by atoms with E-state index in [0.717, 1.165) is 0 Å². The summed E-state index contributed by atoms with van der Waals surface area (Å²) in [6.45, 7) is 0. The van der Waals surface area contributed by atoms with E-state index in [0.29, 0.717) is 24.8 Å². The predicted octanol–water partition coefficient (Wildman–Crippen LogP) is 4.47. The number of thiophene rings is 1. The number of carbonyl (C=O) groups is 1. The summed E-state index contributed by atoms with van der Waals surface area (Å²) in [7, 11) is 0. The largest absolute Gasteiger partial charge is 0.281 e. The molecule has 0 bridgehead atoms. The minimum Gasteiger partial charge on any atom is -0.266 e. The molecule has 0 spiro atoms. The maximum atomic E-state index is 11.7. The first-order chi connectivity index (χ1) is 9.08. The summed E-state index contributed by atoms with van der Waals surface area (Å²) in [5.74, 6) is -0.327. The van der Waals surface area contributed by atoms with Crippen LogP contribution in [-0.4, -0.2) is 12.1 Å². The molecular formula is C12H7Cl3N2OS. The number of hydrazone groups is 1. The van der Waals surface area contributed by atoms with Crippen molar-refractivity contribution in [1.82, 2.24) is 5.43 Å². The Kier molecular flexibility index (Phi) is 4.82. The molecule has 98 valence electrons. The van der Waals surface area contributed by atoms with E-state index >= 15 is 0 Å². The molecule has 7 heteroatoms. The summed E-state index contributed by atoms with van der Waals surface area (Å²) < 4.78 is 0.548. The number of benzene rings is 1. The Morgan fingerprint density at radius 3 is 2.68 bits per heavy atom. The van der Waals surface area contributed by atoms with Crippen molar-refractivity contribution in [1.29, 1.82) is 0 Å². The van der Waals surface area contributed by atoms with Gasteiger partial charge in [0.2, 0.25) is 0 Å². The Morgan fingerprint density at radius 2 is 2.00 bits per heavy atom. The highest BCUT2D eigenvalue weighted by atomic mass is 35.5. The normalized spacial score (nSPS) is 10.9. The SMILES string of the molecule is O=C(N/N=C\c1cccc(Cl)c1Cl)c1ccc(Cl)s1. The van der Waals surface area contributed by atoms with E-state index in [4.69, 9.17) is 34.8 Å². The van der Waals surface area contributed by atoms with Crippen LogP contribution in [0.2, 0.25) is 14.4 Å². The molecule has 1 heterocycles. The molecule has 0 fully saturated rings. The molecule has 1 aromatic carbocycles. The highest BCUT2D eigenvalue weighted by Gasteiger charge is 2.07. The van der Waals surface area contributed by atoms with Gasteiger partial charge in [-0.15, -0.1) is 11.3 Å². The molecular weight excluding hydrogens is 327 g/mol. The zero-order valence-electron chi connectivity index (χ0n) is 9.36. The van der Waals surface area contributed by atoms with Gasteiger partial charge in [-0.3, -0.25) is 4.79 Å². The molecule has 0 radical (unpaired) electrons. The first-order valence-electron chi connectivity index (χ1n) is 5.10. The van der Waals surface area contributed by atoms with Gasteiger partial charge in [-0.2, -0.15) is 5.10 Å². The third kappa shape index (κ3) is 3.70. The van der Waals surface area contributed by atoms with Crippen LogP contribution >= 0.6 is 46.1 Å². The molecule has 0 saturated carbocycles. The highest BCUT2D eigenvalue weighted by molar-refractivity contribution is 7.17. The van der Waals surface area contributed by atoms with Crippen molar-refractivity contribution in [3.63, 3.8) is 0 Å². The van der Waals surface area contributed by atoms with Crippen LogP contribution in [0.3, 0.4) is 0 Å². The smallest absolute Gasteiger partial charge is 0.266 e. The van der Waals surface area contributed by atoms with Gasteiger partial charge in [-0.05, 0) is 18.2 Å². The Hall–Kier alpha value is -1.07. The molecule has 0 unspecified atom stereocenters. The summed E-state index contributed by atoms with van der Waals surface area (Å²) in [6.07, 6.45) is 1.43. The van der Waals surface area contributed by atoms with E-state index in [1.54, 1.807) is 30.3 Å². The van der Waals surface area contributed by atoms with Crippen molar-refractivity contribution >= 4 is 58.3 Å². The number of hydrogen-bond donors (Lipinski definition) is 1. The van der Waals surface area contributed by atoms with Gasteiger partial charge >= 0.3 is 0 Å². The van der Waals surface area contributed by atoms with E-state index in [2.05, 4.69) is 10.5 Å². The van der Waals surface area contributed by atoms with Crippen LogP contribution in [0.15, 0.2) is 35.4 Å². The van der Waals surface area contributed by atoms with Gasteiger partial charge in [0.15, 0.2) is 0 Å². The van der Waals surface area contributed by atoms with Crippen LogP contribution in [0.1, 0.15) is 15.2 Å². The van der Waals surface area contributed by atoms with Crippen molar-refractivity contribution in [2.75, 3.05) is 0 Å². The molecule has 0 saturated heterocycles. The van der Waals surface area contributed by atoms with E-state index in [9.17, 15) is 4.79 Å². The maximum absolute atomic E-state index is 11.7. The Labute approximate surface area is 128 Å². The lowest BCUT2D eigenvalue weighted by atomic mass is 10.2. The summed E-state index contributed by atoms with van der Waals surface area (Å²) in [6, 6.07) is 8.44. The topological polar surface area (TPSA) is 41.5 Å². The van der Waals surface area contributed by atoms with Gasteiger partial charge in [0.05, 0.1) is 25.5 Å². The molecule has 0 aliphatic heterocycles. The third-order valence-electron chi connectivity index (χ3n) is 2.15. The summed E-state index contributed by atoms with van der Waals surface area (Å²) in [5, 5.41) is 4.65. The molecule has 0 aliphatic carbocycles. The number of nitrogens with zero attached hydrogens (tertiary/aromatic N) is 1. The first-order valence-corrected chi connectivity index (χ1v) is 7.05. The summed E-state index contributed by atoms with van der Waals surface area (Å²) >= 11 is 18.8. The number of hydrogen-bond acceptors (Lipinski definition) is 3. The van der Waals surface area contributed by atoms with Gasteiger partial charge in [-0.25, -0.2) is 5.43 Å². The summed E-state index contributed by atoms with van der Waals surface area (Å²) in [4.78, 5) is 12.2. The minimum absolute atomic E-state index is 0.327. The standard InChI is InChI=1S/C12H7Cl3N2OS/c13-8-3-1-2-7(11(8)15)6-16-17-12(18)9-4-5-10(14)19-9/h1-6H,(H,17,18)/b16-6-. The van der Waals surface area contributed by atoms with Crippen LogP contribution in [0.4, 0.5) is 0 Å². The Morgan fingerprint density at radius 1 is 1.21 bits per heavy atom. The second-order valence-electron chi connectivity index (χ2n) is 3.45. The van der Waals surface area contributed by atoms with Crippen molar-refractivity contribution < 1.29 is 4.79 Å². The second-order valence-corrected chi connectivity index (χ2v) is 5.95. The quantitative estimate of drug-likeness (QED) is 0.653.